The monoisotopic (exact) mass is 455 g/mol. The third-order valence-corrected chi connectivity index (χ3v) is 5.45. The summed E-state index contributed by atoms with van der Waals surface area (Å²) in [5.41, 5.74) is 3.40. The molecule has 7 nitrogen and oxygen atoms in total. The Morgan fingerprint density at radius 3 is 2.18 bits per heavy atom. The van der Waals surface area contributed by atoms with Gasteiger partial charge in [-0.15, -0.1) is 0 Å². The van der Waals surface area contributed by atoms with Crippen LogP contribution in [0.3, 0.4) is 0 Å². The Hall–Kier alpha value is -3.29. The Balaban J connectivity index is 2.17. The second-order valence-electron chi connectivity index (χ2n) is 8.72. The molecular weight excluding hydrogens is 425 g/mol. The fraction of sp³-hybridized carbons (Fsp3) is 0.440. The van der Waals surface area contributed by atoms with Crippen LogP contribution in [0.5, 0.6) is 0 Å². The van der Waals surface area contributed by atoms with E-state index in [9.17, 15) is 14.0 Å². The van der Waals surface area contributed by atoms with Crippen LogP contribution in [-0.4, -0.2) is 39.6 Å². The summed E-state index contributed by atoms with van der Waals surface area (Å²) in [4.78, 5) is 30.8. The van der Waals surface area contributed by atoms with Crippen molar-refractivity contribution < 1.29 is 23.5 Å². The average Bonchev–Trinajstić information content (AvgIpc) is 3.07. The van der Waals surface area contributed by atoms with E-state index in [1.807, 2.05) is 6.92 Å². The van der Waals surface area contributed by atoms with E-state index in [1.54, 1.807) is 64.6 Å². The highest BCUT2D eigenvalue weighted by Crippen LogP contribution is 2.41. The maximum atomic E-state index is 13.4. The SMILES string of the molecule is CC1=NC(C)=C(C(=O)OC(C)C)C(c2cnn(-c3ccc(F)cc3)c2C)C1C(=O)OC(C)C. The highest BCUT2D eigenvalue weighted by Gasteiger charge is 2.44. The van der Waals surface area contributed by atoms with E-state index in [0.29, 0.717) is 33.9 Å². The minimum Gasteiger partial charge on any atom is -0.462 e. The number of carbonyl (C=O) groups excluding carboxylic acids is 2. The second-order valence-corrected chi connectivity index (χ2v) is 8.72. The summed E-state index contributed by atoms with van der Waals surface area (Å²) in [5, 5.41) is 4.48. The van der Waals surface area contributed by atoms with Crippen LogP contribution < -0.4 is 0 Å². The van der Waals surface area contributed by atoms with Crippen molar-refractivity contribution in [3.05, 3.63) is 58.8 Å². The predicted octanol–water partition coefficient (Wildman–Crippen LogP) is 4.67. The predicted molar refractivity (Wildman–Crippen MR) is 123 cm³/mol. The van der Waals surface area contributed by atoms with Crippen molar-refractivity contribution in [2.24, 2.45) is 10.9 Å². The number of carbonyl (C=O) groups is 2. The number of halogens is 1. The number of benzene rings is 1. The fourth-order valence-corrected chi connectivity index (χ4v) is 4.10. The summed E-state index contributed by atoms with van der Waals surface area (Å²) in [5.74, 6) is -2.84. The Bertz CT molecular complexity index is 1110. The van der Waals surface area contributed by atoms with Crippen molar-refractivity contribution in [1.82, 2.24) is 9.78 Å². The van der Waals surface area contributed by atoms with Gasteiger partial charge >= 0.3 is 11.9 Å². The van der Waals surface area contributed by atoms with Crippen molar-refractivity contribution in [2.45, 2.75) is 66.6 Å². The Morgan fingerprint density at radius 1 is 1.00 bits per heavy atom. The molecule has 0 aliphatic carbocycles. The number of ether oxygens (including phenoxy) is 2. The summed E-state index contributed by atoms with van der Waals surface area (Å²) in [6.07, 6.45) is 0.967. The van der Waals surface area contributed by atoms with E-state index in [2.05, 4.69) is 10.1 Å². The molecule has 0 amide bonds. The number of hydrogen-bond acceptors (Lipinski definition) is 6. The topological polar surface area (TPSA) is 82.8 Å². The standard InChI is InChI=1S/C25H30FN3O4/c1-13(2)32-24(30)21-15(5)28-16(6)22(25(31)33-14(3)4)23(21)20-12-27-29(17(20)7)19-10-8-18(26)9-11-19/h8-14,21,23H,1-7H3. The van der Waals surface area contributed by atoms with E-state index in [0.717, 1.165) is 0 Å². The lowest BCUT2D eigenvalue weighted by molar-refractivity contribution is -0.150. The summed E-state index contributed by atoms with van der Waals surface area (Å²) in [6, 6.07) is 5.94. The van der Waals surface area contributed by atoms with Gasteiger partial charge in [0, 0.05) is 28.6 Å². The molecule has 0 saturated heterocycles. The average molecular weight is 456 g/mol. The van der Waals surface area contributed by atoms with Gasteiger partial charge in [0.05, 0.1) is 29.7 Å². The van der Waals surface area contributed by atoms with Crippen molar-refractivity contribution in [2.75, 3.05) is 0 Å². The van der Waals surface area contributed by atoms with Gasteiger partial charge in [-0.3, -0.25) is 9.79 Å². The molecule has 1 aromatic carbocycles. The van der Waals surface area contributed by atoms with Crippen molar-refractivity contribution in [1.29, 1.82) is 0 Å². The third kappa shape index (κ3) is 5.05. The zero-order chi connectivity index (χ0) is 24.4. The van der Waals surface area contributed by atoms with Gasteiger partial charge in [0.2, 0.25) is 0 Å². The zero-order valence-corrected chi connectivity index (χ0v) is 20.0. The van der Waals surface area contributed by atoms with Crippen LogP contribution >= 0.6 is 0 Å². The molecule has 0 N–H and O–H groups in total. The maximum absolute atomic E-state index is 13.4. The van der Waals surface area contributed by atoms with Crippen molar-refractivity contribution in [3.8, 4) is 5.69 Å². The highest BCUT2D eigenvalue weighted by molar-refractivity contribution is 6.07. The van der Waals surface area contributed by atoms with Crippen LogP contribution in [0, 0.1) is 18.7 Å². The van der Waals surface area contributed by atoms with Crippen LogP contribution in [0.1, 0.15) is 58.7 Å². The molecule has 2 aromatic rings. The molecule has 2 atom stereocenters. The van der Waals surface area contributed by atoms with Gasteiger partial charge < -0.3 is 9.47 Å². The quantitative estimate of drug-likeness (QED) is 0.591. The van der Waals surface area contributed by atoms with Crippen LogP contribution in [0.2, 0.25) is 0 Å². The minimum absolute atomic E-state index is 0.307. The smallest absolute Gasteiger partial charge is 0.336 e. The molecule has 1 aliphatic rings. The summed E-state index contributed by atoms with van der Waals surface area (Å²) >= 11 is 0. The van der Waals surface area contributed by atoms with Crippen LogP contribution in [0.25, 0.3) is 5.69 Å². The summed E-state index contributed by atoms with van der Waals surface area (Å²) in [6.45, 7) is 12.4. The number of allylic oxidation sites excluding steroid dienone is 1. The van der Waals surface area contributed by atoms with E-state index in [-0.39, 0.29) is 18.0 Å². The summed E-state index contributed by atoms with van der Waals surface area (Å²) < 4.78 is 26.1. The van der Waals surface area contributed by atoms with Gasteiger partial charge in [0.25, 0.3) is 0 Å². The van der Waals surface area contributed by atoms with Gasteiger partial charge in [-0.1, -0.05) is 0 Å². The third-order valence-electron chi connectivity index (χ3n) is 5.45. The van der Waals surface area contributed by atoms with Gasteiger partial charge in [0.15, 0.2) is 0 Å². The fourth-order valence-electron chi connectivity index (χ4n) is 4.10. The highest BCUT2D eigenvalue weighted by atomic mass is 19.1. The molecule has 1 aliphatic heterocycles. The van der Waals surface area contributed by atoms with E-state index >= 15 is 0 Å². The molecule has 0 fully saturated rings. The molecule has 176 valence electrons. The van der Waals surface area contributed by atoms with Gasteiger partial charge in [-0.05, 0) is 72.7 Å². The molecule has 0 saturated carbocycles. The zero-order valence-electron chi connectivity index (χ0n) is 20.0. The number of aromatic nitrogens is 2. The van der Waals surface area contributed by atoms with Crippen molar-refractivity contribution >= 4 is 17.7 Å². The molecule has 0 radical (unpaired) electrons. The number of hydrogen-bond donors (Lipinski definition) is 0. The van der Waals surface area contributed by atoms with Crippen molar-refractivity contribution in [3.63, 3.8) is 0 Å². The Labute approximate surface area is 193 Å². The lowest BCUT2D eigenvalue weighted by Gasteiger charge is -2.32. The van der Waals surface area contributed by atoms with E-state index in [4.69, 9.17) is 9.47 Å². The maximum Gasteiger partial charge on any atom is 0.336 e. The van der Waals surface area contributed by atoms with Gasteiger partial charge in [0.1, 0.15) is 11.7 Å². The molecule has 3 rings (SSSR count). The molecule has 0 bridgehead atoms. The number of esters is 2. The molecule has 0 spiro atoms. The largest absolute Gasteiger partial charge is 0.462 e. The van der Waals surface area contributed by atoms with Crippen LogP contribution in [0.15, 0.2) is 46.7 Å². The first-order valence-corrected chi connectivity index (χ1v) is 11.0. The molecule has 2 unspecified atom stereocenters. The first kappa shape index (κ1) is 24.4. The first-order valence-electron chi connectivity index (χ1n) is 11.0. The molecular formula is C25H30FN3O4. The number of rotatable bonds is 6. The number of aliphatic imine (C=N–C) groups is 1. The van der Waals surface area contributed by atoms with Crippen LogP contribution in [-0.2, 0) is 19.1 Å². The normalized spacial score (nSPS) is 18.5. The van der Waals surface area contributed by atoms with Gasteiger partial charge in [-0.2, -0.15) is 5.10 Å². The molecule has 8 heteroatoms. The Morgan fingerprint density at radius 2 is 1.61 bits per heavy atom. The minimum atomic E-state index is -0.810. The molecule has 2 heterocycles. The van der Waals surface area contributed by atoms with E-state index < -0.39 is 23.8 Å². The Kier molecular flexibility index (Phi) is 7.15. The van der Waals surface area contributed by atoms with Gasteiger partial charge in [-0.25, -0.2) is 13.9 Å². The summed E-state index contributed by atoms with van der Waals surface area (Å²) in [7, 11) is 0. The second kappa shape index (κ2) is 9.68. The molecule has 1 aromatic heterocycles. The number of nitrogens with zero attached hydrogens (tertiary/aromatic N) is 3. The lowest BCUT2D eigenvalue weighted by atomic mass is 9.75. The lowest BCUT2D eigenvalue weighted by Crippen LogP contribution is -2.38. The van der Waals surface area contributed by atoms with Crippen LogP contribution in [0.4, 0.5) is 4.39 Å². The van der Waals surface area contributed by atoms with E-state index in [1.165, 1.54) is 12.1 Å². The molecule has 33 heavy (non-hydrogen) atoms. The first-order chi connectivity index (χ1) is 15.5.